The molecule has 0 aromatic carbocycles. The predicted molar refractivity (Wildman–Crippen MR) is 101 cm³/mol. The van der Waals surface area contributed by atoms with Crippen molar-refractivity contribution in [2.45, 2.75) is 57.4 Å². The molecule has 1 amide bonds. The lowest BCUT2D eigenvalue weighted by Crippen LogP contribution is -2.43. The third-order valence-electron chi connectivity index (χ3n) is 5.57. The van der Waals surface area contributed by atoms with Crippen LogP contribution in [0.25, 0.3) is 6.08 Å². The van der Waals surface area contributed by atoms with Crippen LogP contribution < -0.4 is 16.1 Å². The van der Waals surface area contributed by atoms with Gasteiger partial charge >= 0.3 is 0 Å². The number of hydroxylamine groups is 1. The van der Waals surface area contributed by atoms with Gasteiger partial charge < -0.3 is 10.6 Å². The minimum atomic E-state index is -0.574. The van der Waals surface area contributed by atoms with E-state index in [0.717, 1.165) is 36.7 Å². The van der Waals surface area contributed by atoms with Crippen molar-refractivity contribution in [2.75, 3.05) is 18.4 Å². The Morgan fingerprint density at radius 1 is 1.42 bits per heavy atom. The minimum absolute atomic E-state index is 0.0303. The topological polar surface area (TPSA) is 99.2 Å². The maximum atomic E-state index is 11.1. The molecule has 2 heterocycles. The van der Waals surface area contributed by atoms with E-state index in [9.17, 15) is 4.79 Å². The average Bonchev–Trinajstić information content (AvgIpc) is 3.09. The zero-order valence-electron chi connectivity index (χ0n) is 15.4. The van der Waals surface area contributed by atoms with Crippen LogP contribution in [0.1, 0.15) is 56.2 Å². The summed E-state index contributed by atoms with van der Waals surface area (Å²) < 4.78 is 0. The fourth-order valence-corrected chi connectivity index (χ4v) is 4.16. The number of hydrogen-bond donors (Lipinski definition) is 4. The first kappa shape index (κ1) is 18.8. The Kier molecular flexibility index (Phi) is 6.21. The summed E-state index contributed by atoms with van der Waals surface area (Å²) in [6.45, 7) is 3.87. The summed E-state index contributed by atoms with van der Waals surface area (Å²) in [5, 5.41) is 15.7. The van der Waals surface area contributed by atoms with Crippen LogP contribution in [0.5, 0.6) is 0 Å². The molecule has 0 bridgehead atoms. The van der Waals surface area contributed by atoms with E-state index in [1.54, 1.807) is 17.8 Å². The lowest BCUT2D eigenvalue weighted by molar-refractivity contribution is -0.124. The van der Waals surface area contributed by atoms with E-state index in [4.69, 9.17) is 5.21 Å². The molecule has 1 saturated heterocycles. The van der Waals surface area contributed by atoms with Gasteiger partial charge in [0, 0.05) is 24.4 Å². The van der Waals surface area contributed by atoms with E-state index in [0.29, 0.717) is 5.95 Å². The second kappa shape index (κ2) is 8.60. The predicted octanol–water partition coefficient (Wildman–Crippen LogP) is 2.42. The molecular formula is C19H29N5O2. The van der Waals surface area contributed by atoms with Crippen LogP contribution in [0.15, 0.2) is 12.3 Å². The van der Waals surface area contributed by atoms with Gasteiger partial charge in [-0.25, -0.2) is 15.4 Å². The first-order valence-corrected chi connectivity index (χ1v) is 9.55. The molecule has 0 radical (unpaired) electrons. The highest BCUT2D eigenvalue weighted by Gasteiger charge is 2.37. The van der Waals surface area contributed by atoms with Gasteiger partial charge in [-0.05, 0) is 38.3 Å². The number of hydrogen-bond acceptors (Lipinski definition) is 6. The van der Waals surface area contributed by atoms with E-state index < -0.39 is 5.91 Å². The van der Waals surface area contributed by atoms with E-state index in [-0.39, 0.29) is 5.54 Å². The first-order valence-electron chi connectivity index (χ1n) is 9.55. The average molecular weight is 359 g/mol. The Hall–Kier alpha value is -1.99. The molecule has 1 saturated carbocycles. The molecule has 1 aromatic heterocycles. The monoisotopic (exact) mass is 359 g/mol. The molecule has 4 N–H and O–H groups in total. The molecule has 2 fully saturated rings. The summed E-state index contributed by atoms with van der Waals surface area (Å²) in [6.07, 6.45) is 13.6. The fourth-order valence-electron chi connectivity index (χ4n) is 4.16. The summed E-state index contributed by atoms with van der Waals surface area (Å²) in [5.41, 5.74) is 3.15. The van der Waals surface area contributed by atoms with Gasteiger partial charge in [0.15, 0.2) is 0 Å². The van der Waals surface area contributed by atoms with E-state index in [1.807, 2.05) is 6.92 Å². The van der Waals surface area contributed by atoms with Gasteiger partial charge in [0.1, 0.15) is 0 Å². The highest BCUT2D eigenvalue weighted by Crippen LogP contribution is 2.34. The van der Waals surface area contributed by atoms with Crippen LogP contribution in [0.2, 0.25) is 0 Å². The number of carbonyl (C=O) groups excluding carboxylic acids is 1. The lowest BCUT2D eigenvalue weighted by Gasteiger charge is -2.35. The largest absolute Gasteiger partial charge is 0.347 e. The number of anilines is 1. The maximum absolute atomic E-state index is 11.1. The molecule has 7 nitrogen and oxygen atoms in total. The number of amides is 1. The van der Waals surface area contributed by atoms with E-state index in [2.05, 4.69) is 20.6 Å². The van der Waals surface area contributed by atoms with Gasteiger partial charge in [-0.15, -0.1) is 0 Å². The Bertz CT molecular complexity index is 649. The summed E-state index contributed by atoms with van der Waals surface area (Å²) in [7, 11) is 0. The van der Waals surface area contributed by atoms with Crippen LogP contribution >= 0.6 is 0 Å². The van der Waals surface area contributed by atoms with Crippen molar-refractivity contribution in [3.05, 3.63) is 23.5 Å². The summed E-state index contributed by atoms with van der Waals surface area (Å²) in [5.74, 6) is 0.859. The third-order valence-corrected chi connectivity index (χ3v) is 5.57. The molecule has 2 aliphatic rings. The SMILES string of the molecule is Cc1nc(N[C@]2(CC3CCCCC3)CCNC2)ncc1/C=C/C(=O)NO. The van der Waals surface area contributed by atoms with Crippen LogP contribution in [0.4, 0.5) is 5.95 Å². The molecule has 1 aliphatic heterocycles. The number of carbonyl (C=O) groups is 1. The zero-order valence-corrected chi connectivity index (χ0v) is 15.4. The van der Waals surface area contributed by atoms with Crippen LogP contribution in [0, 0.1) is 12.8 Å². The molecule has 1 atom stereocenters. The summed E-state index contributed by atoms with van der Waals surface area (Å²) in [4.78, 5) is 20.1. The van der Waals surface area contributed by atoms with Crippen LogP contribution in [0.3, 0.4) is 0 Å². The Morgan fingerprint density at radius 3 is 2.88 bits per heavy atom. The molecule has 26 heavy (non-hydrogen) atoms. The summed E-state index contributed by atoms with van der Waals surface area (Å²) >= 11 is 0. The number of rotatable bonds is 6. The van der Waals surface area contributed by atoms with Crippen molar-refractivity contribution >= 4 is 17.9 Å². The number of aromatic nitrogens is 2. The first-order chi connectivity index (χ1) is 12.6. The Morgan fingerprint density at radius 2 is 2.23 bits per heavy atom. The fraction of sp³-hybridized carbons (Fsp3) is 0.632. The van der Waals surface area contributed by atoms with Gasteiger partial charge in [-0.2, -0.15) is 0 Å². The van der Waals surface area contributed by atoms with Gasteiger partial charge in [-0.3, -0.25) is 10.0 Å². The Balaban J connectivity index is 1.70. The highest BCUT2D eigenvalue weighted by atomic mass is 16.5. The Labute approximate surface area is 154 Å². The molecule has 3 rings (SSSR count). The minimum Gasteiger partial charge on any atom is -0.347 e. The normalized spacial score (nSPS) is 24.1. The van der Waals surface area contributed by atoms with E-state index in [1.165, 1.54) is 44.6 Å². The van der Waals surface area contributed by atoms with Gasteiger partial charge in [0.05, 0.1) is 11.2 Å². The smallest absolute Gasteiger partial charge is 0.267 e. The molecule has 0 unspecified atom stereocenters. The molecular weight excluding hydrogens is 330 g/mol. The van der Waals surface area contributed by atoms with Gasteiger partial charge in [-0.1, -0.05) is 32.1 Å². The van der Waals surface area contributed by atoms with Gasteiger partial charge in [0.2, 0.25) is 5.95 Å². The molecule has 142 valence electrons. The molecule has 1 aliphatic carbocycles. The quantitative estimate of drug-likeness (QED) is 0.354. The van der Waals surface area contributed by atoms with Crippen molar-refractivity contribution in [1.29, 1.82) is 0 Å². The number of nitrogens with zero attached hydrogens (tertiary/aromatic N) is 2. The van der Waals surface area contributed by atoms with Crippen molar-refractivity contribution in [1.82, 2.24) is 20.8 Å². The molecule has 1 aromatic rings. The second-order valence-electron chi connectivity index (χ2n) is 7.58. The number of nitrogens with one attached hydrogen (secondary N) is 3. The third kappa shape index (κ3) is 4.80. The summed E-state index contributed by atoms with van der Waals surface area (Å²) in [6, 6.07) is 0. The van der Waals surface area contributed by atoms with Crippen molar-refractivity contribution in [2.24, 2.45) is 5.92 Å². The highest BCUT2D eigenvalue weighted by molar-refractivity contribution is 5.90. The zero-order chi connectivity index (χ0) is 18.4. The van der Waals surface area contributed by atoms with Crippen molar-refractivity contribution < 1.29 is 10.0 Å². The molecule has 0 spiro atoms. The maximum Gasteiger partial charge on any atom is 0.267 e. The van der Waals surface area contributed by atoms with Crippen molar-refractivity contribution in [3.63, 3.8) is 0 Å². The number of aryl methyl sites for hydroxylation is 1. The molecule has 7 heteroatoms. The van der Waals surface area contributed by atoms with Crippen molar-refractivity contribution in [3.8, 4) is 0 Å². The van der Waals surface area contributed by atoms with E-state index >= 15 is 0 Å². The van der Waals surface area contributed by atoms with Crippen LogP contribution in [-0.4, -0.2) is 39.7 Å². The van der Waals surface area contributed by atoms with Crippen LogP contribution in [-0.2, 0) is 4.79 Å². The second-order valence-corrected chi connectivity index (χ2v) is 7.58. The van der Waals surface area contributed by atoms with Gasteiger partial charge in [0.25, 0.3) is 5.91 Å². The lowest BCUT2D eigenvalue weighted by atomic mass is 9.79. The standard InChI is InChI=1S/C19H29N5O2/c1-14-16(7-8-17(25)24-26)12-21-18(22-14)23-19(9-10-20-13-19)11-15-5-3-2-4-6-15/h7-8,12,15,20,26H,2-6,9-11,13H2,1H3,(H,24,25)(H,21,22,23)/b8-7+/t19-/m0/s1.